The molecule has 0 fully saturated rings. The van der Waals surface area contributed by atoms with Crippen LogP contribution in [-0.2, 0) is 5.88 Å². The van der Waals surface area contributed by atoms with Crippen LogP contribution in [0.3, 0.4) is 0 Å². The van der Waals surface area contributed by atoms with E-state index < -0.39 is 0 Å². The molecule has 2 aromatic carbocycles. The van der Waals surface area contributed by atoms with Crippen LogP contribution < -0.4 is 0 Å². The van der Waals surface area contributed by atoms with Crippen LogP contribution in [0.1, 0.15) is 5.82 Å². The van der Waals surface area contributed by atoms with E-state index in [9.17, 15) is 4.39 Å². The lowest BCUT2D eigenvalue weighted by atomic mass is 10.2. The lowest BCUT2D eigenvalue weighted by Gasteiger charge is -2.07. The molecule has 3 aromatic rings. The van der Waals surface area contributed by atoms with Gasteiger partial charge in [-0.05, 0) is 24.3 Å². The Kier molecular flexibility index (Phi) is 2.76. The Morgan fingerprint density at radius 1 is 1.06 bits per heavy atom. The first-order valence-electron chi connectivity index (χ1n) is 5.58. The second-order valence-corrected chi connectivity index (χ2v) is 4.21. The van der Waals surface area contributed by atoms with Crippen LogP contribution in [0.15, 0.2) is 48.5 Å². The van der Waals surface area contributed by atoms with Crippen LogP contribution in [0.25, 0.3) is 16.7 Å². The van der Waals surface area contributed by atoms with Crippen LogP contribution in [0, 0.1) is 5.82 Å². The summed E-state index contributed by atoms with van der Waals surface area (Å²) < 4.78 is 15.7. The number of imidazole rings is 1. The highest BCUT2D eigenvalue weighted by Gasteiger charge is 2.14. The van der Waals surface area contributed by atoms with E-state index in [4.69, 9.17) is 11.6 Å². The molecule has 0 spiro atoms. The molecule has 90 valence electrons. The Morgan fingerprint density at radius 3 is 2.56 bits per heavy atom. The molecule has 0 saturated carbocycles. The number of benzene rings is 2. The molecule has 1 heterocycles. The Morgan fingerprint density at radius 2 is 1.83 bits per heavy atom. The summed E-state index contributed by atoms with van der Waals surface area (Å²) in [4.78, 5) is 4.36. The standard InChI is InChI=1S/C14H10ClFN2/c15-9-13-17-12-8-4-7-11(16)14(12)18(13)10-5-2-1-3-6-10/h1-8H,9H2. The van der Waals surface area contributed by atoms with Crippen molar-refractivity contribution in [3.8, 4) is 5.69 Å². The molecule has 0 unspecified atom stereocenters. The van der Waals surface area contributed by atoms with Crippen molar-refractivity contribution in [3.05, 3.63) is 60.2 Å². The summed E-state index contributed by atoms with van der Waals surface area (Å²) in [7, 11) is 0. The van der Waals surface area contributed by atoms with Crippen LogP contribution in [0.5, 0.6) is 0 Å². The van der Waals surface area contributed by atoms with Crippen molar-refractivity contribution >= 4 is 22.6 Å². The number of hydrogen-bond acceptors (Lipinski definition) is 1. The summed E-state index contributed by atoms with van der Waals surface area (Å²) in [6.45, 7) is 0. The van der Waals surface area contributed by atoms with E-state index in [-0.39, 0.29) is 11.7 Å². The molecule has 0 aliphatic heterocycles. The molecule has 0 aliphatic rings. The fourth-order valence-electron chi connectivity index (χ4n) is 2.08. The van der Waals surface area contributed by atoms with Gasteiger partial charge in [-0.15, -0.1) is 11.6 Å². The zero-order valence-electron chi connectivity index (χ0n) is 9.48. The fourth-order valence-corrected chi connectivity index (χ4v) is 2.26. The van der Waals surface area contributed by atoms with Crippen molar-refractivity contribution in [1.29, 1.82) is 0 Å². The van der Waals surface area contributed by atoms with E-state index >= 15 is 0 Å². The molecule has 0 aliphatic carbocycles. The predicted octanol–water partition coefficient (Wildman–Crippen LogP) is 3.90. The van der Waals surface area contributed by atoms with Crippen LogP contribution in [-0.4, -0.2) is 9.55 Å². The molecule has 0 N–H and O–H groups in total. The maximum Gasteiger partial charge on any atom is 0.149 e. The monoisotopic (exact) mass is 260 g/mol. The van der Waals surface area contributed by atoms with E-state index in [0.29, 0.717) is 16.9 Å². The number of alkyl halides is 1. The topological polar surface area (TPSA) is 17.8 Å². The third-order valence-corrected chi connectivity index (χ3v) is 3.07. The minimum absolute atomic E-state index is 0.239. The Bertz CT molecular complexity index is 692. The van der Waals surface area contributed by atoms with Crippen LogP contribution in [0.2, 0.25) is 0 Å². The van der Waals surface area contributed by atoms with Gasteiger partial charge in [-0.2, -0.15) is 0 Å². The molecule has 0 radical (unpaired) electrons. The molecule has 18 heavy (non-hydrogen) atoms. The van der Waals surface area contributed by atoms with Gasteiger partial charge >= 0.3 is 0 Å². The van der Waals surface area contributed by atoms with E-state index in [0.717, 1.165) is 5.69 Å². The van der Waals surface area contributed by atoms with Crippen molar-refractivity contribution in [2.45, 2.75) is 5.88 Å². The van der Waals surface area contributed by atoms with Gasteiger partial charge in [0.1, 0.15) is 17.2 Å². The normalized spacial score (nSPS) is 11.0. The van der Waals surface area contributed by atoms with E-state index in [2.05, 4.69) is 4.98 Å². The number of rotatable bonds is 2. The molecule has 1 aromatic heterocycles. The van der Waals surface area contributed by atoms with Gasteiger partial charge in [0.2, 0.25) is 0 Å². The van der Waals surface area contributed by atoms with Crippen molar-refractivity contribution in [2.24, 2.45) is 0 Å². The second-order valence-electron chi connectivity index (χ2n) is 3.94. The quantitative estimate of drug-likeness (QED) is 0.639. The summed E-state index contributed by atoms with van der Waals surface area (Å²) in [6, 6.07) is 14.4. The SMILES string of the molecule is Fc1cccc2nc(CCl)n(-c3ccccc3)c12. The van der Waals surface area contributed by atoms with Crippen molar-refractivity contribution in [3.63, 3.8) is 0 Å². The molecule has 0 bridgehead atoms. The van der Waals surface area contributed by atoms with Crippen LogP contribution >= 0.6 is 11.6 Å². The van der Waals surface area contributed by atoms with Gasteiger partial charge in [0, 0.05) is 5.69 Å². The third-order valence-electron chi connectivity index (χ3n) is 2.83. The summed E-state index contributed by atoms with van der Waals surface area (Å²) in [5.74, 6) is 0.589. The average molecular weight is 261 g/mol. The summed E-state index contributed by atoms with van der Waals surface area (Å²) in [6.07, 6.45) is 0. The second kappa shape index (κ2) is 4.42. The highest BCUT2D eigenvalue weighted by Crippen LogP contribution is 2.24. The Balaban J connectivity index is 2.39. The van der Waals surface area contributed by atoms with E-state index in [1.807, 2.05) is 30.3 Å². The van der Waals surface area contributed by atoms with Crippen molar-refractivity contribution in [1.82, 2.24) is 9.55 Å². The molecule has 3 rings (SSSR count). The zero-order chi connectivity index (χ0) is 12.5. The first-order valence-corrected chi connectivity index (χ1v) is 6.12. The van der Waals surface area contributed by atoms with Gasteiger partial charge in [0.25, 0.3) is 0 Å². The molecule has 0 saturated heterocycles. The van der Waals surface area contributed by atoms with Gasteiger partial charge in [0.05, 0.1) is 11.4 Å². The largest absolute Gasteiger partial charge is 0.293 e. The van der Waals surface area contributed by atoms with Gasteiger partial charge in [-0.1, -0.05) is 24.3 Å². The Labute approximate surface area is 109 Å². The maximum atomic E-state index is 14.0. The Hall–Kier alpha value is -1.87. The summed E-state index contributed by atoms with van der Waals surface area (Å²) in [5, 5.41) is 0. The van der Waals surface area contributed by atoms with E-state index in [1.165, 1.54) is 6.07 Å². The number of para-hydroxylation sites is 2. The zero-order valence-corrected chi connectivity index (χ0v) is 10.2. The smallest absolute Gasteiger partial charge is 0.149 e. The molecule has 0 atom stereocenters. The van der Waals surface area contributed by atoms with Crippen molar-refractivity contribution < 1.29 is 4.39 Å². The third kappa shape index (κ3) is 1.68. The van der Waals surface area contributed by atoms with Gasteiger partial charge < -0.3 is 0 Å². The average Bonchev–Trinajstić information content (AvgIpc) is 2.79. The number of nitrogens with zero attached hydrogens (tertiary/aromatic N) is 2. The summed E-state index contributed by atoms with van der Waals surface area (Å²) in [5.41, 5.74) is 1.95. The molecular formula is C14H10ClFN2. The number of aromatic nitrogens is 2. The number of halogens is 2. The minimum atomic E-state index is -0.291. The lowest BCUT2D eigenvalue weighted by Crippen LogP contribution is -1.99. The number of hydrogen-bond donors (Lipinski definition) is 0. The summed E-state index contributed by atoms with van der Waals surface area (Å²) >= 11 is 5.90. The highest BCUT2D eigenvalue weighted by molar-refractivity contribution is 6.17. The first-order chi connectivity index (χ1) is 8.81. The molecular weight excluding hydrogens is 251 g/mol. The van der Waals surface area contributed by atoms with E-state index in [1.54, 1.807) is 16.7 Å². The lowest BCUT2D eigenvalue weighted by molar-refractivity contribution is 0.634. The highest BCUT2D eigenvalue weighted by atomic mass is 35.5. The molecule has 4 heteroatoms. The van der Waals surface area contributed by atoms with Crippen molar-refractivity contribution in [2.75, 3.05) is 0 Å². The minimum Gasteiger partial charge on any atom is -0.293 e. The predicted molar refractivity (Wildman–Crippen MR) is 70.6 cm³/mol. The van der Waals surface area contributed by atoms with Crippen LogP contribution in [0.4, 0.5) is 4.39 Å². The van der Waals surface area contributed by atoms with Gasteiger partial charge in [-0.25, -0.2) is 9.37 Å². The molecule has 0 amide bonds. The first kappa shape index (κ1) is 11.2. The van der Waals surface area contributed by atoms with Gasteiger partial charge in [-0.3, -0.25) is 4.57 Å². The number of fused-ring (bicyclic) bond motifs is 1. The maximum absolute atomic E-state index is 14.0. The van der Waals surface area contributed by atoms with Gasteiger partial charge in [0.15, 0.2) is 0 Å². The molecule has 2 nitrogen and oxygen atoms in total. The fraction of sp³-hybridized carbons (Fsp3) is 0.0714.